The van der Waals surface area contributed by atoms with Crippen molar-refractivity contribution in [1.29, 1.82) is 0 Å². The number of aryl methyl sites for hydroxylation is 1. The van der Waals surface area contributed by atoms with Gasteiger partial charge in [-0.2, -0.15) is 5.10 Å². The maximum Gasteiger partial charge on any atom is 0.257 e. The number of aromatic nitrogens is 2. The third kappa shape index (κ3) is 3.44. The van der Waals surface area contributed by atoms with E-state index in [9.17, 15) is 4.79 Å². The van der Waals surface area contributed by atoms with E-state index in [1.54, 1.807) is 4.68 Å². The molecule has 1 unspecified atom stereocenters. The highest BCUT2D eigenvalue weighted by molar-refractivity contribution is 5.95. The maximum atomic E-state index is 13.1. The van der Waals surface area contributed by atoms with E-state index in [4.69, 9.17) is 0 Å². The summed E-state index contributed by atoms with van der Waals surface area (Å²) in [6.45, 7) is 10.3. The van der Waals surface area contributed by atoms with Crippen LogP contribution in [0, 0.1) is 5.92 Å². The Kier molecular flexibility index (Phi) is 4.76. The SMILES string of the molecule is CC1CN(C(=O)c2cn(C)nc2C(C)C)CCN(C2CCC2)C1. The highest BCUT2D eigenvalue weighted by Crippen LogP contribution is 2.27. The zero-order valence-corrected chi connectivity index (χ0v) is 15.0. The second-order valence-electron chi connectivity index (χ2n) is 7.69. The van der Waals surface area contributed by atoms with Gasteiger partial charge in [-0.3, -0.25) is 14.4 Å². The van der Waals surface area contributed by atoms with E-state index in [0.717, 1.165) is 43.5 Å². The van der Waals surface area contributed by atoms with Crippen LogP contribution in [0.15, 0.2) is 6.20 Å². The van der Waals surface area contributed by atoms with E-state index in [1.165, 1.54) is 19.3 Å². The Morgan fingerprint density at radius 1 is 1.26 bits per heavy atom. The fraction of sp³-hybridized carbons (Fsp3) is 0.778. The van der Waals surface area contributed by atoms with Crippen molar-refractivity contribution in [3.8, 4) is 0 Å². The fourth-order valence-corrected chi connectivity index (χ4v) is 3.80. The summed E-state index contributed by atoms with van der Waals surface area (Å²) < 4.78 is 1.77. The smallest absolute Gasteiger partial charge is 0.257 e. The third-order valence-electron chi connectivity index (χ3n) is 5.25. The average Bonchev–Trinajstić information content (AvgIpc) is 2.72. The van der Waals surface area contributed by atoms with Gasteiger partial charge in [0.25, 0.3) is 5.91 Å². The van der Waals surface area contributed by atoms with Crippen molar-refractivity contribution in [2.24, 2.45) is 13.0 Å². The first-order valence-electron chi connectivity index (χ1n) is 9.02. The Labute approximate surface area is 139 Å². The highest BCUT2D eigenvalue weighted by Gasteiger charge is 2.31. The minimum Gasteiger partial charge on any atom is -0.337 e. The van der Waals surface area contributed by atoms with Crippen LogP contribution in [0.1, 0.15) is 62.0 Å². The molecule has 1 saturated carbocycles. The largest absolute Gasteiger partial charge is 0.337 e. The molecule has 1 aromatic rings. The van der Waals surface area contributed by atoms with E-state index >= 15 is 0 Å². The number of hydrogen-bond donors (Lipinski definition) is 0. The molecule has 1 aliphatic carbocycles. The zero-order chi connectivity index (χ0) is 16.6. The molecule has 1 amide bonds. The van der Waals surface area contributed by atoms with Crippen LogP contribution in [-0.4, -0.2) is 57.7 Å². The van der Waals surface area contributed by atoms with Gasteiger partial charge in [0, 0.05) is 45.5 Å². The normalized spacial score (nSPS) is 23.9. The van der Waals surface area contributed by atoms with Crippen LogP contribution in [0.5, 0.6) is 0 Å². The lowest BCUT2D eigenvalue weighted by Crippen LogP contribution is -2.43. The van der Waals surface area contributed by atoms with Gasteiger partial charge < -0.3 is 4.90 Å². The van der Waals surface area contributed by atoms with Gasteiger partial charge in [-0.15, -0.1) is 0 Å². The van der Waals surface area contributed by atoms with Crippen molar-refractivity contribution in [3.63, 3.8) is 0 Å². The minimum atomic E-state index is 0.157. The molecule has 5 nitrogen and oxygen atoms in total. The van der Waals surface area contributed by atoms with Crippen molar-refractivity contribution in [2.75, 3.05) is 26.2 Å². The molecule has 128 valence electrons. The number of rotatable bonds is 3. The number of nitrogens with zero attached hydrogens (tertiary/aromatic N) is 4. The summed E-state index contributed by atoms with van der Waals surface area (Å²) in [5.74, 6) is 0.955. The topological polar surface area (TPSA) is 41.4 Å². The Morgan fingerprint density at radius 2 is 2.00 bits per heavy atom. The first-order chi connectivity index (χ1) is 11.0. The predicted molar refractivity (Wildman–Crippen MR) is 91.6 cm³/mol. The summed E-state index contributed by atoms with van der Waals surface area (Å²) in [4.78, 5) is 17.7. The molecule has 2 aliphatic rings. The van der Waals surface area contributed by atoms with Crippen molar-refractivity contribution in [3.05, 3.63) is 17.5 Å². The van der Waals surface area contributed by atoms with Gasteiger partial charge in [-0.25, -0.2) is 0 Å². The number of hydrogen-bond acceptors (Lipinski definition) is 3. The second kappa shape index (κ2) is 6.63. The molecule has 0 N–H and O–H groups in total. The van der Waals surface area contributed by atoms with E-state index in [-0.39, 0.29) is 11.8 Å². The maximum absolute atomic E-state index is 13.1. The summed E-state index contributed by atoms with van der Waals surface area (Å²) in [7, 11) is 1.89. The highest BCUT2D eigenvalue weighted by atomic mass is 16.2. The number of amides is 1. The predicted octanol–water partition coefficient (Wildman–Crippen LogP) is 2.49. The monoisotopic (exact) mass is 318 g/mol. The first kappa shape index (κ1) is 16.5. The lowest BCUT2D eigenvalue weighted by Gasteiger charge is -2.37. The Morgan fingerprint density at radius 3 is 2.61 bits per heavy atom. The molecule has 1 saturated heterocycles. The molecule has 5 heteroatoms. The summed E-state index contributed by atoms with van der Waals surface area (Å²) in [6.07, 6.45) is 5.92. The van der Waals surface area contributed by atoms with Crippen LogP contribution in [0.25, 0.3) is 0 Å². The van der Waals surface area contributed by atoms with Gasteiger partial charge in [0.1, 0.15) is 0 Å². The molecule has 0 radical (unpaired) electrons. The van der Waals surface area contributed by atoms with Crippen LogP contribution in [0.4, 0.5) is 0 Å². The van der Waals surface area contributed by atoms with Crippen LogP contribution in [0.2, 0.25) is 0 Å². The number of carbonyl (C=O) groups excluding carboxylic acids is 1. The van der Waals surface area contributed by atoms with Gasteiger partial charge in [0.15, 0.2) is 0 Å². The van der Waals surface area contributed by atoms with Crippen LogP contribution < -0.4 is 0 Å². The lowest BCUT2D eigenvalue weighted by atomic mass is 9.91. The van der Waals surface area contributed by atoms with E-state index < -0.39 is 0 Å². The van der Waals surface area contributed by atoms with Crippen molar-refractivity contribution in [1.82, 2.24) is 19.6 Å². The molecule has 1 aliphatic heterocycles. The molecular weight excluding hydrogens is 288 g/mol. The molecule has 0 aromatic carbocycles. The van der Waals surface area contributed by atoms with E-state index in [2.05, 4.69) is 30.8 Å². The summed E-state index contributed by atoms with van der Waals surface area (Å²) >= 11 is 0. The van der Waals surface area contributed by atoms with Gasteiger partial charge in [0.2, 0.25) is 0 Å². The van der Waals surface area contributed by atoms with Crippen LogP contribution in [0.3, 0.4) is 0 Å². The molecule has 0 spiro atoms. The minimum absolute atomic E-state index is 0.157. The van der Waals surface area contributed by atoms with Crippen molar-refractivity contribution < 1.29 is 4.79 Å². The Bertz CT molecular complexity index is 561. The summed E-state index contributed by atoms with van der Waals surface area (Å²) in [5, 5.41) is 4.49. The van der Waals surface area contributed by atoms with Gasteiger partial charge >= 0.3 is 0 Å². The molecule has 2 fully saturated rings. The zero-order valence-electron chi connectivity index (χ0n) is 15.0. The standard InChI is InChI=1S/C18H30N4O/c1-13(2)17-16(12-20(4)19-17)18(23)22-9-8-21(10-14(3)11-22)15-6-5-7-15/h12-15H,5-11H2,1-4H3. The second-order valence-corrected chi connectivity index (χ2v) is 7.69. The fourth-order valence-electron chi connectivity index (χ4n) is 3.80. The van der Waals surface area contributed by atoms with Gasteiger partial charge in [-0.05, 0) is 24.7 Å². The Hall–Kier alpha value is -1.36. The molecule has 3 rings (SSSR count). The quantitative estimate of drug-likeness (QED) is 0.860. The molecule has 23 heavy (non-hydrogen) atoms. The van der Waals surface area contributed by atoms with Crippen LogP contribution >= 0.6 is 0 Å². The lowest BCUT2D eigenvalue weighted by molar-refractivity contribution is 0.0741. The van der Waals surface area contributed by atoms with Crippen molar-refractivity contribution in [2.45, 2.75) is 52.0 Å². The van der Waals surface area contributed by atoms with Crippen molar-refractivity contribution >= 4 is 5.91 Å². The molecule has 1 atom stereocenters. The molecule has 0 bridgehead atoms. The molecule has 1 aromatic heterocycles. The number of carbonyl (C=O) groups is 1. The first-order valence-corrected chi connectivity index (χ1v) is 9.02. The van der Waals surface area contributed by atoms with Crippen LogP contribution in [-0.2, 0) is 7.05 Å². The average molecular weight is 318 g/mol. The van der Waals surface area contributed by atoms with E-state index in [0.29, 0.717) is 5.92 Å². The Balaban J connectivity index is 1.74. The van der Waals surface area contributed by atoms with Gasteiger partial charge in [-0.1, -0.05) is 27.2 Å². The van der Waals surface area contributed by atoms with Gasteiger partial charge in [0.05, 0.1) is 11.3 Å². The molecular formula is C18H30N4O. The third-order valence-corrected chi connectivity index (χ3v) is 5.25. The molecule has 2 heterocycles. The summed E-state index contributed by atoms with van der Waals surface area (Å²) in [6, 6.07) is 0.761. The summed E-state index contributed by atoms with van der Waals surface area (Å²) in [5.41, 5.74) is 1.71. The van der Waals surface area contributed by atoms with E-state index in [1.807, 2.05) is 18.1 Å².